The zero-order chi connectivity index (χ0) is 15.8. The second-order valence-corrected chi connectivity index (χ2v) is 6.30. The van der Waals surface area contributed by atoms with Crippen molar-refractivity contribution in [2.75, 3.05) is 7.05 Å². The van der Waals surface area contributed by atoms with Crippen molar-refractivity contribution in [3.8, 4) is 0 Å². The Hall–Kier alpha value is -1.73. The zero-order valence-corrected chi connectivity index (χ0v) is 13.6. The Labute approximate surface area is 130 Å². The molecule has 0 aliphatic carbocycles. The van der Waals surface area contributed by atoms with Crippen LogP contribution in [0.3, 0.4) is 0 Å². The summed E-state index contributed by atoms with van der Waals surface area (Å²) in [4.78, 5) is 29.4. The minimum Gasteiger partial charge on any atom is -0.480 e. The average molecular weight is 354 g/mol. The molecule has 0 saturated heterocycles. The first kappa shape index (κ1) is 15.7. The van der Waals surface area contributed by atoms with Crippen molar-refractivity contribution in [2.24, 2.45) is 0 Å². The van der Waals surface area contributed by atoms with Gasteiger partial charge >= 0.3 is 5.97 Å². The van der Waals surface area contributed by atoms with Crippen LogP contribution < -0.4 is 5.56 Å². The van der Waals surface area contributed by atoms with Crippen molar-refractivity contribution in [1.82, 2.24) is 14.3 Å². The Morgan fingerprint density at radius 3 is 2.76 bits per heavy atom. The number of aromatic nitrogens is 2. The molecule has 0 atom stereocenters. The Kier molecular flexibility index (Phi) is 4.15. The molecule has 112 valence electrons. The first-order valence-electron chi connectivity index (χ1n) is 6.34. The quantitative estimate of drug-likeness (QED) is 0.906. The van der Waals surface area contributed by atoms with E-state index in [1.807, 2.05) is 0 Å². The molecule has 0 aromatic carbocycles. The van der Waals surface area contributed by atoms with E-state index < -0.39 is 11.5 Å². The maximum absolute atomic E-state index is 12.1. The second-order valence-electron chi connectivity index (χ2n) is 5.38. The summed E-state index contributed by atoms with van der Waals surface area (Å²) in [6.07, 6.45) is 1.65. The number of likely N-dealkylation sites (N-methyl/N-ethyl adjacent to an activating group) is 1. The van der Waals surface area contributed by atoms with Gasteiger partial charge in [-0.25, -0.2) is 4.98 Å². The van der Waals surface area contributed by atoms with Crippen LogP contribution in [0.25, 0.3) is 5.65 Å². The van der Waals surface area contributed by atoms with Crippen LogP contribution in [0, 0.1) is 0 Å². The van der Waals surface area contributed by atoms with Gasteiger partial charge in [0.05, 0.1) is 5.69 Å². The highest BCUT2D eigenvalue weighted by Crippen LogP contribution is 2.15. The molecule has 0 bridgehead atoms. The highest BCUT2D eigenvalue weighted by Gasteiger charge is 2.32. The van der Waals surface area contributed by atoms with Gasteiger partial charge in [0.25, 0.3) is 5.56 Å². The van der Waals surface area contributed by atoms with E-state index in [4.69, 9.17) is 0 Å². The Morgan fingerprint density at radius 1 is 1.48 bits per heavy atom. The van der Waals surface area contributed by atoms with Crippen molar-refractivity contribution in [2.45, 2.75) is 25.9 Å². The topological polar surface area (TPSA) is 74.9 Å². The summed E-state index contributed by atoms with van der Waals surface area (Å²) in [6.45, 7) is 3.50. The van der Waals surface area contributed by atoms with Crippen molar-refractivity contribution in [3.63, 3.8) is 0 Å². The second kappa shape index (κ2) is 5.57. The van der Waals surface area contributed by atoms with Crippen molar-refractivity contribution >= 4 is 27.5 Å². The lowest BCUT2D eigenvalue weighted by Gasteiger charge is -2.31. The number of nitrogens with zero attached hydrogens (tertiary/aromatic N) is 3. The summed E-state index contributed by atoms with van der Waals surface area (Å²) in [5, 5.41) is 9.21. The van der Waals surface area contributed by atoms with Crippen LogP contribution in [-0.4, -0.2) is 37.9 Å². The van der Waals surface area contributed by atoms with Crippen molar-refractivity contribution < 1.29 is 9.90 Å². The number of aliphatic carboxylic acids is 1. The molecule has 0 unspecified atom stereocenters. The number of hydrogen-bond donors (Lipinski definition) is 1. The van der Waals surface area contributed by atoms with Gasteiger partial charge in [0.15, 0.2) is 0 Å². The predicted molar refractivity (Wildman–Crippen MR) is 82.3 cm³/mol. The Bertz CT molecular complexity index is 755. The zero-order valence-electron chi connectivity index (χ0n) is 12.0. The smallest absolute Gasteiger partial charge is 0.323 e. The summed E-state index contributed by atoms with van der Waals surface area (Å²) in [5.74, 6) is -0.925. The number of carboxylic acid groups (broad SMARTS) is 1. The van der Waals surface area contributed by atoms with Crippen LogP contribution in [0.2, 0.25) is 0 Å². The van der Waals surface area contributed by atoms with E-state index >= 15 is 0 Å². The molecule has 0 spiro atoms. The van der Waals surface area contributed by atoms with Crippen LogP contribution in [-0.2, 0) is 11.3 Å². The van der Waals surface area contributed by atoms with Crippen molar-refractivity contribution in [1.29, 1.82) is 0 Å². The minimum atomic E-state index is -1.04. The monoisotopic (exact) mass is 353 g/mol. The third-order valence-corrected chi connectivity index (χ3v) is 4.02. The molecular weight excluding hydrogens is 338 g/mol. The van der Waals surface area contributed by atoms with Crippen LogP contribution >= 0.6 is 15.9 Å². The number of carboxylic acids is 1. The molecular formula is C14H16BrN3O3. The Balaban J connectivity index is 2.38. The van der Waals surface area contributed by atoms with E-state index in [1.165, 1.54) is 10.5 Å². The summed E-state index contributed by atoms with van der Waals surface area (Å²) in [6, 6.07) is 4.96. The lowest BCUT2D eigenvalue weighted by atomic mass is 10.0. The summed E-state index contributed by atoms with van der Waals surface area (Å²) in [5.41, 5.74) is -0.161. The van der Waals surface area contributed by atoms with Gasteiger partial charge < -0.3 is 5.11 Å². The van der Waals surface area contributed by atoms with Gasteiger partial charge in [0.1, 0.15) is 11.2 Å². The number of fused-ring (bicyclic) bond motifs is 1. The Morgan fingerprint density at radius 2 is 2.14 bits per heavy atom. The fraction of sp³-hybridized carbons (Fsp3) is 0.357. The third-order valence-electron chi connectivity index (χ3n) is 3.55. The molecule has 21 heavy (non-hydrogen) atoms. The molecule has 2 aromatic heterocycles. The molecule has 7 heteroatoms. The molecule has 0 aliphatic rings. The molecule has 2 aromatic rings. The van der Waals surface area contributed by atoms with Gasteiger partial charge in [-0.05, 0) is 49.0 Å². The lowest BCUT2D eigenvalue weighted by Crippen LogP contribution is -2.47. The maximum Gasteiger partial charge on any atom is 0.323 e. The first-order valence-corrected chi connectivity index (χ1v) is 7.13. The van der Waals surface area contributed by atoms with E-state index in [0.717, 1.165) is 4.47 Å². The largest absolute Gasteiger partial charge is 0.480 e. The third kappa shape index (κ3) is 3.14. The van der Waals surface area contributed by atoms with Gasteiger partial charge in [-0.2, -0.15) is 0 Å². The summed E-state index contributed by atoms with van der Waals surface area (Å²) in [7, 11) is 1.69. The molecule has 0 amide bonds. The SMILES string of the molecule is CN(Cc1cc(=O)n2cc(Br)ccc2n1)C(C)(C)C(=O)O. The van der Waals surface area contributed by atoms with E-state index in [2.05, 4.69) is 20.9 Å². The minimum absolute atomic E-state index is 0.196. The predicted octanol–water partition coefficient (Wildman–Crippen LogP) is 1.75. The molecule has 2 heterocycles. The molecule has 0 aliphatic heterocycles. The van der Waals surface area contributed by atoms with Gasteiger partial charge in [0, 0.05) is 23.3 Å². The fourth-order valence-electron chi connectivity index (χ4n) is 1.81. The van der Waals surface area contributed by atoms with Crippen LogP contribution in [0.4, 0.5) is 0 Å². The van der Waals surface area contributed by atoms with E-state index in [1.54, 1.807) is 44.1 Å². The maximum atomic E-state index is 12.1. The van der Waals surface area contributed by atoms with Crippen molar-refractivity contribution in [3.05, 3.63) is 44.9 Å². The standard InChI is InChI=1S/C14H16BrN3O3/c1-14(2,13(20)21)17(3)8-10-6-12(19)18-7-9(15)4-5-11(18)16-10/h4-7H,8H2,1-3H3,(H,20,21). The molecule has 0 fully saturated rings. The highest BCUT2D eigenvalue weighted by molar-refractivity contribution is 9.10. The fourth-order valence-corrected chi connectivity index (χ4v) is 2.15. The average Bonchev–Trinajstić information content (AvgIpc) is 2.39. The van der Waals surface area contributed by atoms with Gasteiger partial charge in [-0.1, -0.05) is 0 Å². The molecule has 2 rings (SSSR count). The number of halogens is 1. The van der Waals surface area contributed by atoms with Gasteiger partial charge in [-0.15, -0.1) is 0 Å². The van der Waals surface area contributed by atoms with E-state index in [9.17, 15) is 14.7 Å². The van der Waals surface area contributed by atoms with Gasteiger partial charge in [-0.3, -0.25) is 18.9 Å². The number of carbonyl (C=O) groups is 1. The molecule has 1 N–H and O–H groups in total. The number of pyridine rings is 1. The van der Waals surface area contributed by atoms with Crippen LogP contribution in [0.1, 0.15) is 19.5 Å². The summed E-state index contributed by atoms with van der Waals surface area (Å²) < 4.78 is 2.23. The van der Waals surface area contributed by atoms with Gasteiger partial charge in [0.2, 0.25) is 0 Å². The molecule has 0 saturated carbocycles. The molecule has 0 radical (unpaired) electrons. The number of rotatable bonds is 4. The lowest BCUT2D eigenvalue weighted by molar-refractivity contribution is -0.148. The summed E-state index contributed by atoms with van der Waals surface area (Å²) >= 11 is 3.31. The van der Waals surface area contributed by atoms with E-state index in [0.29, 0.717) is 11.3 Å². The first-order chi connectivity index (χ1) is 9.71. The molecule has 6 nitrogen and oxygen atoms in total. The normalized spacial score (nSPS) is 12.0. The highest BCUT2D eigenvalue weighted by atomic mass is 79.9. The van der Waals surface area contributed by atoms with E-state index in [-0.39, 0.29) is 12.1 Å². The van der Waals surface area contributed by atoms with Crippen LogP contribution in [0.15, 0.2) is 33.7 Å². The number of hydrogen-bond acceptors (Lipinski definition) is 4. The van der Waals surface area contributed by atoms with Crippen LogP contribution in [0.5, 0.6) is 0 Å².